The molecule has 0 spiro atoms. The summed E-state index contributed by atoms with van der Waals surface area (Å²) in [5.74, 6) is 1.95. The van der Waals surface area contributed by atoms with Gasteiger partial charge in [0.25, 0.3) is 0 Å². The van der Waals surface area contributed by atoms with Gasteiger partial charge >= 0.3 is 0 Å². The van der Waals surface area contributed by atoms with Gasteiger partial charge in [0.2, 0.25) is 11.9 Å². The first-order chi connectivity index (χ1) is 11.5. The maximum atomic E-state index is 12.5. The topological polar surface area (TPSA) is 88.8 Å². The fourth-order valence-electron chi connectivity index (χ4n) is 3.23. The molecule has 2 atom stereocenters. The van der Waals surface area contributed by atoms with Gasteiger partial charge in [0.05, 0.1) is 12.6 Å². The monoisotopic (exact) mass is 329 g/mol. The molecule has 1 aliphatic heterocycles. The van der Waals surface area contributed by atoms with Gasteiger partial charge in [-0.3, -0.25) is 15.0 Å². The second-order valence-corrected chi connectivity index (χ2v) is 6.16. The van der Waals surface area contributed by atoms with Crippen molar-refractivity contribution in [2.45, 2.75) is 52.2 Å². The number of carbonyl (C=O) groups is 1. The zero-order chi connectivity index (χ0) is 17.1. The number of aryl methyl sites for hydroxylation is 2. The van der Waals surface area contributed by atoms with E-state index in [4.69, 9.17) is 0 Å². The predicted molar refractivity (Wildman–Crippen MR) is 89.3 cm³/mol. The van der Waals surface area contributed by atoms with Crippen molar-refractivity contribution in [2.24, 2.45) is 0 Å². The summed E-state index contributed by atoms with van der Waals surface area (Å²) in [6.45, 7) is 7.44. The van der Waals surface area contributed by atoms with Crippen LogP contribution < -0.4 is 5.32 Å². The molecule has 2 unspecified atom stereocenters. The Labute approximate surface area is 141 Å². The number of nitrogens with zero attached hydrogens (tertiary/aromatic N) is 6. The van der Waals surface area contributed by atoms with Gasteiger partial charge in [-0.25, -0.2) is 19.6 Å². The maximum absolute atomic E-state index is 12.5. The lowest BCUT2D eigenvalue weighted by Crippen LogP contribution is -2.46. The molecular formula is C16H23N7O. The van der Waals surface area contributed by atoms with Crippen LogP contribution >= 0.6 is 0 Å². The molecule has 0 saturated carbocycles. The largest absolute Gasteiger partial charge is 0.293 e. The highest BCUT2D eigenvalue weighted by molar-refractivity contribution is 5.93. The van der Waals surface area contributed by atoms with Gasteiger partial charge in [-0.15, -0.1) is 0 Å². The van der Waals surface area contributed by atoms with E-state index in [1.54, 1.807) is 18.5 Å². The number of rotatable bonds is 5. The molecular weight excluding hydrogens is 306 g/mol. The third kappa shape index (κ3) is 3.59. The van der Waals surface area contributed by atoms with Gasteiger partial charge < -0.3 is 0 Å². The van der Waals surface area contributed by atoms with E-state index < -0.39 is 0 Å². The molecule has 3 heterocycles. The first kappa shape index (κ1) is 16.5. The maximum Gasteiger partial charge on any atom is 0.243 e. The summed E-state index contributed by atoms with van der Waals surface area (Å²) in [6, 6.07) is 1.76. The van der Waals surface area contributed by atoms with Gasteiger partial charge in [0.1, 0.15) is 11.6 Å². The second kappa shape index (κ2) is 7.04. The Morgan fingerprint density at radius 1 is 1.38 bits per heavy atom. The van der Waals surface area contributed by atoms with Crippen LogP contribution in [0.25, 0.3) is 0 Å². The number of likely N-dealkylation sites (tertiary alicyclic amines) is 1. The number of carbonyl (C=O) groups excluding carboxylic acids is 1. The van der Waals surface area contributed by atoms with Crippen molar-refractivity contribution in [3.63, 3.8) is 0 Å². The van der Waals surface area contributed by atoms with Crippen molar-refractivity contribution in [3.05, 3.63) is 30.1 Å². The molecule has 0 aliphatic carbocycles. The third-order valence-electron chi connectivity index (χ3n) is 4.45. The normalized spacial score (nSPS) is 19.4. The van der Waals surface area contributed by atoms with Crippen molar-refractivity contribution in [1.29, 1.82) is 0 Å². The SMILES string of the molecule is Cc1nc(C)n(CC2CCCN2C(C)C(=O)Nc2ncccn2)n1. The fraction of sp³-hybridized carbons (Fsp3) is 0.562. The smallest absolute Gasteiger partial charge is 0.243 e. The molecule has 1 N–H and O–H groups in total. The van der Waals surface area contributed by atoms with Crippen LogP contribution in [0.3, 0.4) is 0 Å². The van der Waals surface area contributed by atoms with Gasteiger partial charge in [0, 0.05) is 18.4 Å². The number of amides is 1. The van der Waals surface area contributed by atoms with E-state index in [9.17, 15) is 4.79 Å². The van der Waals surface area contributed by atoms with Crippen molar-refractivity contribution >= 4 is 11.9 Å². The molecule has 128 valence electrons. The number of nitrogens with one attached hydrogen (secondary N) is 1. The molecule has 2 aromatic rings. The van der Waals surface area contributed by atoms with Crippen LogP contribution in [0.5, 0.6) is 0 Å². The van der Waals surface area contributed by atoms with Crippen molar-refractivity contribution < 1.29 is 4.79 Å². The van der Waals surface area contributed by atoms with Crippen LogP contribution in [-0.2, 0) is 11.3 Å². The molecule has 0 bridgehead atoms. The van der Waals surface area contributed by atoms with Crippen LogP contribution in [-0.4, -0.2) is 54.2 Å². The Hall–Kier alpha value is -2.35. The summed E-state index contributed by atoms with van der Waals surface area (Å²) >= 11 is 0. The highest BCUT2D eigenvalue weighted by Gasteiger charge is 2.33. The standard InChI is InChI=1S/C16H23N7O/c1-11(15(24)20-16-17-7-5-8-18-16)22-9-4-6-14(22)10-23-13(3)19-12(2)21-23/h5,7-8,11,14H,4,6,9-10H2,1-3H3,(H,17,18,20,24). The summed E-state index contributed by atoms with van der Waals surface area (Å²) in [6.07, 6.45) is 5.36. The molecule has 24 heavy (non-hydrogen) atoms. The second-order valence-electron chi connectivity index (χ2n) is 6.16. The van der Waals surface area contributed by atoms with Crippen molar-refractivity contribution in [3.8, 4) is 0 Å². The molecule has 1 fully saturated rings. The Morgan fingerprint density at radius 3 is 2.79 bits per heavy atom. The molecule has 8 heteroatoms. The molecule has 3 rings (SSSR count). The minimum atomic E-state index is -0.244. The molecule has 2 aromatic heterocycles. The van der Waals surface area contributed by atoms with E-state index >= 15 is 0 Å². The van der Waals surface area contributed by atoms with Crippen LogP contribution in [0.15, 0.2) is 18.5 Å². The predicted octanol–water partition coefficient (Wildman–Crippen LogP) is 1.18. The van der Waals surface area contributed by atoms with Gasteiger partial charge in [-0.1, -0.05) is 0 Å². The number of hydrogen-bond donors (Lipinski definition) is 1. The summed E-state index contributed by atoms with van der Waals surface area (Å²) in [7, 11) is 0. The van der Waals surface area contributed by atoms with Crippen LogP contribution in [0.4, 0.5) is 5.95 Å². The zero-order valence-corrected chi connectivity index (χ0v) is 14.3. The molecule has 8 nitrogen and oxygen atoms in total. The van der Waals surface area contributed by atoms with Crippen molar-refractivity contribution in [2.75, 3.05) is 11.9 Å². The van der Waals surface area contributed by atoms with E-state index in [1.807, 2.05) is 25.5 Å². The zero-order valence-electron chi connectivity index (χ0n) is 14.3. The van der Waals surface area contributed by atoms with E-state index in [0.717, 1.165) is 37.6 Å². The quantitative estimate of drug-likeness (QED) is 0.886. The van der Waals surface area contributed by atoms with E-state index in [2.05, 4.69) is 30.3 Å². The van der Waals surface area contributed by atoms with Crippen LogP contribution in [0, 0.1) is 13.8 Å². The summed E-state index contributed by atoms with van der Waals surface area (Å²) in [5, 5.41) is 7.22. The lowest BCUT2D eigenvalue weighted by molar-refractivity contribution is -0.121. The molecule has 0 radical (unpaired) electrons. The molecule has 0 aromatic carbocycles. The van der Waals surface area contributed by atoms with Crippen LogP contribution in [0.1, 0.15) is 31.4 Å². The Bertz CT molecular complexity index is 700. The van der Waals surface area contributed by atoms with E-state index in [-0.39, 0.29) is 18.0 Å². The number of anilines is 1. The molecule has 1 saturated heterocycles. The highest BCUT2D eigenvalue weighted by atomic mass is 16.2. The van der Waals surface area contributed by atoms with Gasteiger partial charge in [-0.05, 0) is 46.2 Å². The Morgan fingerprint density at radius 2 is 2.12 bits per heavy atom. The number of aromatic nitrogens is 5. The minimum absolute atomic E-state index is 0.0837. The number of hydrogen-bond acceptors (Lipinski definition) is 6. The Balaban J connectivity index is 1.65. The Kier molecular flexibility index (Phi) is 4.84. The molecule has 1 amide bonds. The lowest BCUT2D eigenvalue weighted by Gasteiger charge is -2.29. The summed E-state index contributed by atoms with van der Waals surface area (Å²) in [4.78, 5) is 27.2. The van der Waals surface area contributed by atoms with Crippen molar-refractivity contribution in [1.82, 2.24) is 29.6 Å². The minimum Gasteiger partial charge on any atom is -0.293 e. The average molecular weight is 329 g/mol. The van der Waals surface area contributed by atoms with E-state index in [1.165, 1.54) is 0 Å². The average Bonchev–Trinajstić information content (AvgIpc) is 3.14. The van der Waals surface area contributed by atoms with Crippen LogP contribution in [0.2, 0.25) is 0 Å². The third-order valence-corrected chi connectivity index (χ3v) is 4.45. The summed E-state index contributed by atoms with van der Waals surface area (Å²) < 4.78 is 1.93. The first-order valence-corrected chi connectivity index (χ1v) is 8.26. The fourth-order valence-corrected chi connectivity index (χ4v) is 3.23. The van der Waals surface area contributed by atoms with Gasteiger partial charge in [-0.2, -0.15) is 5.10 Å². The first-order valence-electron chi connectivity index (χ1n) is 8.26. The lowest BCUT2D eigenvalue weighted by atomic mass is 10.2. The molecule has 1 aliphatic rings. The summed E-state index contributed by atoms with van der Waals surface area (Å²) in [5.41, 5.74) is 0. The van der Waals surface area contributed by atoms with E-state index in [0.29, 0.717) is 5.95 Å². The highest BCUT2D eigenvalue weighted by Crippen LogP contribution is 2.22. The van der Waals surface area contributed by atoms with Gasteiger partial charge in [0.15, 0.2) is 0 Å².